The summed E-state index contributed by atoms with van der Waals surface area (Å²) in [6, 6.07) is 6.06. The summed E-state index contributed by atoms with van der Waals surface area (Å²) in [5.74, 6) is 0.817. The molecule has 0 aliphatic heterocycles. The molecule has 2 N–H and O–H groups in total. The zero-order chi connectivity index (χ0) is 20.4. The Hall–Kier alpha value is -1.93. The lowest BCUT2D eigenvalue weighted by Gasteiger charge is -2.30. The fourth-order valence-electron chi connectivity index (χ4n) is 3.93. The minimum atomic E-state index is -0.890. The number of rotatable bonds is 7. The number of hydrogen-bond acceptors (Lipinski definition) is 6. The smallest absolute Gasteiger partial charge is 0.163 e. The Morgan fingerprint density at radius 3 is 2.69 bits per heavy atom. The van der Waals surface area contributed by atoms with Crippen molar-refractivity contribution in [2.75, 3.05) is 11.5 Å². The minimum Gasteiger partial charge on any atom is -0.394 e. The first-order chi connectivity index (χ1) is 14.1. The van der Waals surface area contributed by atoms with Crippen LogP contribution in [0.15, 0.2) is 30.7 Å². The second-order valence-corrected chi connectivity index (χ2v) is 8.23. The van der Waals surface area contributed by atoms with Crippen LogP contribution < -0.4 is 4.90 Å². The highest BCUT2D eigenvalue weighted by Crippen LogP contribution is 2.33. The van der Waals surface area contributed by atoms with Gasteiger partial charge in [0.2, 0.25) is 0 Å². The van der Waals surface area contributed by atoms with Gasteiger partial charge in [-0.15, -0.1) is 0 Å². The zero-order valence-electron chi connectivity index (χ0n) is 15.9. The number of benzene rings is 1. The van der Waals surface area contributed by atoms with Crippen LogP contribution in [0.5, 0.6) is 0 Å². The Morgan fingerprint density at radius 1 is 1.17 bits per heavy atom. The molecule has 0 saturated heterocycles. The van der Waals surface area contributed by atoms with E-state index in [4.69, 9.17) is 28.3 Å². The molecule has 154 valence electrons. The van der Waals surface area contributed by atoms with Crippen LogP contribution in [0.3, 0.4) is 0 Å². The third kappa shape index (κ3) is 4.33. The summed E-state index contributed by atoms with van der Waals surface area (Å²) in [6.07, 6.45) is 6.95. The number of anilines is 1. The Bertz CT molecular complexity index is 990. The van der Waals surface area contributed by atoms with Gasteiger partial charge < -0.3 is 15.1 Å². The van der Waals surface area contributed by atoms with Crippen LogP contribution in [0.25, 0.3) is 11.0 Å². The van der Waals surface area contributed by atoms with Crippen LogP contribution in [-0.2, 0) is 13.1 Å². The summed E-state index contributed by atoms with van der Waals surface area (Å²) >= 11 is 12.3. The molecule has 7 nitrogen and oxygen atoms in total. The first kappa shape index (κ1) is 20.3. The van der Waals surface area contributed by atoms with Crippen molar-refractivity contribution >= 4 is 40.1 Å². The topological polar surface area (TPSA) is 87.3 Å². The van der Waals surface area contributed by atoms with Gasteiger partial charge in [0.1, 0.15) is 12.1 Å². The minimum absolute atomic E-state index is 0.173. The largest absolute Gasteiger partial charge is 0.394 e. The van der Waals surface area contributed by atoms with E-state index in [0.29, 0.717) is 28.3 Å². The quantitative estimate of drug-likeness (QED) is 0.590. The molecule has 1 aromatic carbocycles. The normalized spacial score (nSPS) is 15.9. The van der Waals surface area contributed by atoms with Crippen molar-refractivity contribution in [1.29, 1.82) is 0 Å². The SMILES string of the molecule is OCC(O)Cn1ncc2c(N(Cc3ccc(Cl)c(Cl)c3)C3CCCC3)ncnc21. The van der Waals surface area contributed by atoms with Crippen molar-refractivity contribution in [3.8, 4) is 0 Å². The number of fused-ring (bicyclic) bond motifs is 1. The summed E-state index contributed by atoms with van der Waals surface area (Å²) in [7, 11) is 0. The van der Waals surface area contributed by atoms with Gasteiger partial charge in [-0.2, -0.15) is 5.10 Å². The van der Waals surface area contributed by atoms with E-state index in [1.807, 2.05) is 18.2 Å². The number of hydrogen-bond donors (Lipinski definition) is 2. The molecule has 1 aliphatic rings. The predicted octanol–water partition coefficient (Wildman–Crippen LogP) is 3.44. The summed E-state index contributed by atoms with van der Waals surface area (Å²) in [4.78, 5) is 11.3. The van der Waals surface area contributed by atoms with Gasteiger partial charge in [0.15, 0.2) is 5.65 Å². The molecule has 1 atom stereocenters. The average Bonchev–Trinajstić information content (AvgIpc) is 3.39. The molecule has 1 saturated carbocycles. The molecule has 2 aromatic heterocycles. The average molecular weight is 436 g/mol. The highest BCUT2D eigenvalue weighted by atomic mass is 35.5. The Morgan fingerprint density at radius 2 is 1.97 bits per heavy atom. The summed E-state index contributed by atoms with van der Waals surface area (Å²) in [5, 5.41) is 25.2. The van der Waals surface area contributed by atoms with Gasteiger partial charge in [0, 0.05) is 12.6 Å². The molecular formula is C20H23Cl2N5O2. The van der Waals surface area contributed by atoms with Crippen LogP contribution in [0.4, 0.5) is 5.82 Å². The fourth-order valence-corrected chi connectivity index (χ4v) is 4.25. The van der Waals surface area contributed by atoms with Gasteiger partial charge in [0.05, 0.1) is 40.9 Å². The van der Waals surface area contributed by atoms with Crippen LogP contribution >= 0.6 is 23.2 Å². The third-order valence-electron chi connectivity index (χ3n) is 5.38. The molecule has 1 unspecified atom stereocenters. The number of halogens is 2. The maximum Gasteiger partial charge on any atom is 0.163 e. The van der Waals surface area contributed by atoms with Crippen LogP contribution in [0.1, 0.15) is 31.2 Å². The maximum absolute atomic E-state index is 9.80. The second kappa shape index (κ2) is 8.83. The van der Waals surface area contributed by atoms with Crippen molar-refractivity contribution in [1.82, 2.24) is 19.7 Å². The molecule has 0 amide bonds. The van der Waals surface area contributed by atoms with E-state index in [1.54, 1.807) is 10.9 Å². The molecule has 4 rings (SSSR count). The third-order valence-corrected chi connectivity index (χ3v) is 6.12. The molecule has 0 radical (unpaired) electrons. The van der Waals surface area contributed by atoms with E-state index in [9.17, 15) is 5.11 Å². The van der Waals surface area contributed by atoms with Crippen LogP contribution in [-0.4, -0.2) is 48.7 Å². The lowest BCUT2D eigenvalue weighted by atomic mass is 10.1. The molecule has 3 aromatic rings. The monoisotopic (exact) mass is 435 g/mol. The standard InChI is InChI=1S/C20H23Cl2N5O2/c21-17-6-5-13(7-18(17)22)9-26(14-3-1-2-4-14)19-16-8-25-27(10-15(29)11-28)20(16)24-12-23-19/h5-8,12,14-15,28-29H,1-4,9-11H2. The number of aromatic nitrogens is 4. The lowest BCUT2D eigenvalue weighted by Crippen LogP contribution is -2.33. The van der Waals surface area contributed by atoms with E-state index >= 15 is 0 Å². The molecule has 1 fully saturated rings. The first-order valence-electron chi connectivity index (χ1n) is 9.73. The molecular weight excluding hydrogens is 413 g/mol. The van der Waals surface area contributed by atoms with E-state index in [0.717, 1.165) is 29.6 Å². The predicted molar refractivity (Wildman–Crippen MR) is 113 cm³/mol. The van der Waals surface area contributed by atoms with Gasteiger partial charge in [-0.25, -0.2) is 14.6 Å². The van der Waals surface area contributed by atoms with Crippen molar-refractivity contribution in [2.45, 2.75) is 50.9 Å². The summed E-state index contributed by atoms with van der Waals surface area (Å²) in [6.45, 7) is 0.496. The number of nitrogens with zero attached hydrogens (tertiary/aromatic N) is 5. The maximum atomic E-state index is 9.80. The second-order valence-electron chi connectivity index (χ2n) is 7.41. The number of aliphatic hydroxyl groups excluding tert-OH is 2. The number of aliphatic hydroxyl groups is 2. The fraction of sp³-hybridized carbons (Fsp3) is 0.450. The molecule has 2 heterocycles. The van der Waals surface area contributed by atoms with E-state index in [2.05, 4.69) is 20.0 Å². The molecule has 29 heavy (non-hydrogen) atoms. The molecule has 1 aliphatic carbocycles. The Balaban J connectivity index is 1.72. The molecule has 9 heteroatoms. The van der Waals surface area contributed by atoms with Crippen LogP contribution in [0.2, 0.25) is 10.0 Å². The van der Waals surface area contributed by atoms with E-state index < -0.39 is 6.10 Å². The van der Waals surface area contributed by atoms with Gasteiger partial charge in [-0.3, -0.25) is 0 Å². The lowest BCUT2D eigenvalue weighted by molar-refractivity contribution is 0.0792. The highest BCUT2D eigenvalue weighted by molar-refractivity contribution is 6.42. The van der Waals surface area contributed by atoms with Gasteiger partial charge in [0.25, 0.3) is 0 Å². The Kier molecular flexibility index (Phi) is 6.20. The van der Waals surface area contributed by atoms with Crippen molar-refractivity contribution in [3.63, 3.8) is 0 Å². The van der Waals surface area contributed by atoms with Crippen molar-refractivity contribution in [3.05, 3.63) is 46.3 Å². The zero-order valence-corrected chi connectivity index (χ0v) is 17.4. The Labute approximate surface area is 178 Å². The van der Waals surface area contributed by atoms with Crippen molar-refractivity contribution in [2.24, 2.45) is 0 Å². The summed E-state index contributed by atoms with van der Waals surface area (Å²) < 4.78 is 1.60. The highest BCUT2D eigenvalue weighted by Gasteiger charge is 2.26. The molecule has 0 bridgehead atoms. The van der Waals surface area contributed by atoms with E-state index in [-0.39, 0.29) is 13.2 Å². The van der Waals surface area contributed by atoms with E-state index in [1.165, 1.54) is 19.2 Å². The summed E-state index contributed by atoms with van der Waals surface area (Å²) in [5.41, 5.74) is 1.70. The van der Waals surface area contributed by atoms with Gasteiger partial charge in [-0.1, -0.05) is 42.1 Å². The van der Waals surface area contributed by atoms with Gasteiger partial charge in [-0.05, 0) is 30.5 Å². The van der Waals surface area contributed by atoms with Crippen LogP contribution in [0, 0.1) is 0 Å². The first-order valence-corrected chi connectivity index (χ1v) is 10.5. The molecule has 0 spiro atoms. The van der Waals surface area contributed by atoms with Crippen molar-refractivity contribution < 1.29 is 10.2 Å². The van der Waals surface area contributed by atoms with Gasteiger partial charge >= 0.3 is 0 Å².